The topological polar surface area (TPSA) is 42.1 Å². The van der Waals surface area contributed by atoms with E-state index in [-0.39, 0.29) is 12.4 Å². The Balaban J connectivity index is 1.82. The van der Waals surface area contributed by atoms with E-state index in [2.05, 4.69) is 4.98 Å². The zero-order valence-electron chi connectivity index (χ0n) is 9.30. The number of carbonyl (C=O) groups is 1. The highest BCUT2D eigenvalue weighted by Crippen LogP contribution is 2.07. The molecule has 17 heavy (non-hydrogen) atoms. The first-order valence-corrected chi connectivity index (χ1v) is 5.40. The van der Waals surface area contributed by atoms with E-state index >= 15 is 0 Å². The van der Waals surface area contributed by atoms with E-state index in [1.165, 1.54) is 0 Å². The number of H-pyrrole nitrogens is 1. The van der Waals surface area contributed by atoms with Gasteiger partial charge >= 0.3 is 5.97 Å². The molecule has 0 bridgehead atoms. The van der Waals surface area contributed by atoms with Crippen LogP contribution in [-0.2, 0) is 4.79 Å². The van der Waals surface area contributed by atoms with Crippen molar-refractivity contribution in [2.24, 2.45) is 0 Å². The van der Waals surface area contributed by atoms with Crippen LogP contribution in [0.15, 0.2) is 54.7 Å². The third-order valence-corrected chi connectivity index (χ3v) is 2.19. The highest BCUT2D eigenvalue weighted by Gasteiger charge is 2.01. The van der Waals surface area contributed by atoms with Gasteiger partial charge in [0.25, 0.3) is 0 Å². The summed E-state index contributed by atoms with van der Waals surface area (Å²) in [5.74, 6) is 0.197. The van der Waals surface area contributed by atoms with Crippen molar-refractivity contribution in [1.82, 2.24) is 4.98 Å². The number of hydrogen-bond acceptors (Lipinski definition) is 2. The van der Waals surface area contributed by atoms with Crippen molar-refractivity contribution < 1.29 is 9.53 Å². The first-order chi connectivity index (χ1) is 8.34. The summed E-state index contributed by atoms with van der Waals surface area (Å²) in [6.45, 7) is 0. The Labute approximate surface area is 99.7 Å². The maximum atomic E-state index is 11.4. The fourth-order valence-electron chi connectivity index (χ4n) is 1.40. The molecular weight excluding hydrogens is 214 g/mol. The van der Waals surface area contributed by atoms with Gasteiger partial charge in [-0.05, 0) is 11.6 Å². The largest absolute Gasteiger partial charge is 0.409 e. The lowest BCUT2D eigenvalue weighted by atomic mass is 10.2. The Hall–Kier alpha value is -2.29. The van der Waals surface area contributed by atoms with Gasteiger partial charge in [0.05, 0.1) is 6.42 Å². The van der Waals surface area contributed by atoms with Gasteiger partial charge in [-0.1, -0.05) is 42.5 Å². The summed E-state index contributed by atoms with van der Waals surface area (Å²) in [5, 5.41) is 0. The summed E-state index contributed by atoms with van der Waals surface area (Å²) in [5.41, 5.74) is 1.07. The van der Waals surface area contributed by atoms with Crippen molar-refractivity contribution in [3.63, 3.8) is 0 Å². The Morgan fingerprint density at radius 1 is 1.18 bits per heavy atom. The van der Waals surface area contributed by atoms with E-state index in [4.69, 9.17) is 4.74 Å². The molecule has 0 amide bonds. The van der Waals surface area contributed by atoms with Crippen LogP contribution in [0.5, 0.6) is 5.88 Å². The zero-order valence-corrected chi connectivity index (χ0v) is 9.30. The molecule has 1 heterocycles. The molecule has 1 aromatic heterocycles. The lowest BCUT2D eigenvalue weighted by molar-refractivity contribution is -0.133. The highest BCUT2D eigenvalue weighted by atomic mass is 16.5. The molecule has 1 N–H and O–H groups in total. The minimum absolute atomic E-state index is 0.258. The van der Waals surface area contributed by atoms with Gasteiger partial charge in [-0.25, -0.2) is 0 Å². The Morgan fingerprint density at radius 2 is 2.00 bits per heavy atom. The number of ether oxygens (including phenoxy) is 1. The molecule has 0 aliphatic heterocycles. The molecule has 86 valence electrons. The number of hydrogen-bond donors (Lipinski definition) is 1. The predicted octanol–water partition coefficient (Wildman–Crippen LogP) is 3.02. The van der Waals surface area contributed by atoms with Gasteiger partial charge in [0.2, 0.25) is 5.88 Å². The first-order valence-electron chi connectivity index (χ1n) is 5.40. The second-order valence-electron chi connectivity index (χ2n) is 3.53. The Bertz CT molecular complexity index is 486. The average Bonchev–Trinajstić information content (AvgIpc) is 2.83. The molecule has 0 spiro atoms. The zero-order chi connectivity index (χ0) is 11.9. The molecule has 0 unspecified atom stereocenters. The second-order valence-corrected chi connectivity index (χ2v) is 3.53. The van der Waals surface area contributed by atoms with E-state index in [0.29, 0.717) is 5.88 Å². The Morgan fingerprint density at radius 3 is 2.71 bits per heavy atom. The van der Waals surface area contributed by atoms with Crippen LogP contribution in [0.1, 0.15) is 12.0 Å². The maximum Gasteiger partial charge on any atom is 0.316 e. The number of aromatic amines is 1. The van der Waals surface area contributed by atoms with E-state index in [9.17, 15) is 4.79 Å². The van der Waals surface area contributed by atoms with Gasteiger partial charge in [0, 0.05) is 12.3 Å². The third-order valence-electron chi connectivity index (χ3n) is 2.19. The van der Waals surface area contributed by atoms with Gasteiger partial charge in [0.1, 0.15) is 0 Å². The summed E-state index contributed by atoms with van der Waals surface area (Å²) in [6, 6.07) is 13.3. The highest BCUT2D eigenvalue weighted by molar-refractivity contribution is 5.74. The van der Waals surface area contributed by atoms with Crippen molar-refractivity contribution in [3.05, 3.63) is 60.3 Å². The second kappa shape index (κ2) is 5.70. The van der Waals surface area contributed by atoms with Crippen molar-refractivity contribution in [2.45, 2.75) is 6.42 Å². The molecule has 1 aromatic carbocycles. The van der Waals surface area contributed by atoms with Gasteiger partial charge in [0.15, 0.2) is 0 Å². The van der Waals surface area contributed by atoms with Crippen molar-refractivity contribution in [3.8, 4) is 5.88 Å². The molecule has 0 fully saturated rings. The summed E-state index contributed by atoms with van der Waals surface area (Å²) >= 11 is 0. The molecule has 2 aromatic rings. The molecule has 0 saturated heterocycles. The fourth-order valence-corrected chi connectivity index (χ4v) is 1.40. The van der Waals surface area contributed by atoms with Crippen LogP contribution in [0, 0.1) is 0 Å². The third kappa shape index (κ3) is 3.65. The van der Waals surface area contributed by atoms with E-state index < -0.39 is 0 Å². The van der Waals surface area contributed by atoms with Crippen LogP contribution in [0.4, 0.5) is 0 Å². The summed E-state index contributed by atoms with van der Waals surface area (Å²) < 4.78 is 5.05. The fraction of sp³-hybridized carbons (Fsp3) is 0.0714. The number of aromatic nitrogens is 1. The van der Waals surface area contributed by atoms with Gasteiger partial charge in [-0.3, -0.25) is 4.79 Å². The number of esters is 1. The number of benzene rings is 1. The van der Waals surface area contributed by atoms with Crippen LogP contribution < -0.4 is 4.74 Å². The van der Waals surface area contributed by atoms with Crippen LogP contribution in [0.2, 0.25) is 0 Å². The number of rotatable bonds is 4. The molecule has 0 saturated carbocycles. The summed E-state index contributed by atoms with van der Waals surface area (Å²) in [4.78, 5) is 14.2. The number of carbonyl (C=O) groups excluding carboxylic acids is 1. The first kappa shape index (κ1) is 11.2. The van der Waals surface area contributed by atoms with Gasteiger partial charge < -0.3 is 9.72 Å². The van der Waals surface area contributed by atoms with E-state index in [1.807, 2.05) is 36.4 Å². The maximum absolute atomic E-state index is 11.4. The summed E-state index contributed by atoms with van der Waals surface area (Å²) in [7, 11) is 0. The molecule has 0 aliphatic rings. The van der Waals surface area contributed by atoms with Crippen LogP contribution in [0.3, 0.4) is 0 Å². The lowest BCUT2D eigenvalue weighted by Crippen LogP contribution is -2.06. The summed E-state index contributed by atoms with van der Waals surface area (Å²) in [6.07, 6.45) is 5.66. The van der Waals surface area contributed by atoms with Crippen molar-refractivity contribution in [2.75, 3.05) is 0 Å². The number of nitrogens with one attached hydrogen (secondary N) is 1. The molecule has 3 nitrogen and oxygen atoms in total. The molecular formula is C14H13NO2. The normalized spacial score (nSPS) is 10.6. The van der Waals surface area contributed by atoms with E-state index in [1.54, 1.807) is 24.4 Å². The minimum Gasteiger partial charge on any atom is -0.409 e. The molecule has 0 aliphatic carbocycles. The standard InChI is InChI=1S/C14H13NO2/c16-14(17-13-9-5-11-15-13)10-4-8-12-6-2-1-3-7-12/h1-9,11,15H,10H2. The molecule has 3 heteroatoms. The molecule has 0 radical (unpaired) electrons. The lowest BCUT2D eigenvalue weighted by Gasteiger charge is -1.98. The average molecular weight is 227 g/mol. The van der Waals surface area contributed by atoms with Crippen molar-refractivity contribution >= 4 is 12.0 Å². The van der Waals surface area contributed by atoms with Gasteiger partial charge in [-0.2, -0.15) is 0 Å². The Kier molecular flexibility index (Phi) is 3.76. The van der Waals surface area contributed by atoms with Crippen LogP contribution in [-0.4, -0.2) is 11.0 Å². The smallest absolute Gasteiger partial charge is 0.316 e. The molecule has 2 rings (SSSR count). The SMILES string of the molecule is O=C(CC=Cc1ccccc1)Oc1ccc[nH]1. The van der Waals surface area contributed by atoms with E-state index in [0.717, 1.165) is 5.56 Å². The van der Waals surface area contributed by atoms with Crippen LogP contribution >= 0.6 is 0 Å². The van der Waals surface area contributed by atoms with Crippen molar-refractivity contribution in [1.29, 1.82) is 0 Å². The van der Waals surface area contributed by atoms with Crippen LogP contribution in [0.25, 0.3) is 6.08 Å². The monoisotopic (exact) mass is 227 g/mol. The minimum atomic E-state index is -0.278. The quantitative estimate of drug-likeness (QED) is 0.816. The predicted molar refractivity (Wildman–Crippen MR) is 66.5 cm³/mol. The van der Waals surface area contributed by atoms with Gasteiger partial charge in [-0.15, -0.1) is 0 Å². The molecule has 0 atom stereocenters.